The van der Waals surface area contributed by atoms with Crippen LogP contribution in [-0.4, -0.2) is 47.8 Å². The van der Waals surface area contributed by atoms with E-state index < -0.39 is 17.8 Å². The van der Waals surface area contributed by atoms with Crippen LogP contribution in [0.2, 0.25) is 5.15 Å². The summed E-state index contributed by atoms with van der Waals surface area (Å²) >= 11 is 6.23. The zero-order chi connectivity index (χ0) is 25.2. The molecule has 0 fully saturated rings. The number of methoxy groups -OCH3 is 1. The molecule has 184 valence electrons. The minimum atomic E-state index is -4.60. The highest BCUT2D eigenvalue weighted by Gasteiger charge is 2.36. The first-order valence-corrected chi connectivity index (χ1v) is 11.1. The van der Waals surface area contributed by atoms with Gasteiger partial charge < -0.3 is 13.9 Å². The van der Waals surface area contributed by atoms with Crippen molar-refractivity contribution in [3.8, 4) is 17.2 Å². The van der Waals surface area contributed by atoms with E-state index in [0.29, 0.717) is 12.2 Å². The summed E-state index contributed by atoms with van der Waals surface area (Å²) in [6.07, 6.45) is -2.21. The smallest absolute Gasteiger partial charge is 0.431 e. The van der Waals surface area contributed by atoms with E-state index in [9.17, 15) is 18.0 Å². The SMILES string of the molecule is CCCCc1nc(Cl)c(C(=O)OC)n1Cc1ccc(-n2c(-c3nnn[nH]3)ccc2C(F)(F)F)cc1. The van der Waals surface area contributed by atoms with Gasteiger partial charge >= 0.3 is 12.1 Å². The second kappa shape index (κ2) is 9.90. The largest absolute Gasteiger partial charge is 0.464 e. The first-order valence-electron chi connectivity index (χ1n) is 10.7. The number of aryl methyl sites for hydroxylation is 1. The summed E-state index contributed by atoms with van der Waals surface area (Å²) in [5.41, 5.74) is 0.420. The Balaban J connectivity index is 1.72. The summed E-state index contributed by atoms with van der Waals surface area (Å²) < 4.78 is 48.7. The number of tetrazole rings is 1. The van der Waals surface area contributed by atoms with Crippen LogP contribution in [0.1, 0.15) is 47.3 Å². The fraction of sp³-hybridized carbons (Fsp3) is 0.318. The van der Waals surface area contributed by atoms with E-state index in [0.717, 1.165) is 29.0 Å². The Hall–Kier alpha value is -3.67. The molecule has 0 saturated heterocycles. The maximum atomic E-state index is 13.7. The Morgan fingerprint density at radius 1 is 1.17 bits per heavy atom. The van der Waals surface area contributed by atoms with Gasteiger partial charge in [0.15, 0.2) is 16.7 Å². The maximum Gasteiger partial charge on any atom is 0.431 e. The number of halogens is 4. The van der Waals surface area contributed by atoms with Crippen molar-refractivity contribution in [2.75, 3.05) is 7.11 Å². The average molecular weight is 508 g/mol. The van der Waals surface area contributed by atoms with Crippen molar-refractivity contribution in [2.24, 2.45) is 0 Å². The number of hydrogen-bond donors (Lipinski definition) is 1. The van der Waals surface area contributed by atoms with Gasteiger partial charge in [-0.3, -0.25) is 0 Å². The van der Waals surface area contributed by atoms with Crippen molar-refractivity contribution in [3.63, 3.8) is 0 Å². The number of carbonyl (C=O) groups is 1. The van der Waals surface area contributed by atoms with E-state index in [1.165, 1.54) is 13.2 Å². The van der Waals surface area contributed by atoms with Crippen molar-refractivity contribution in [3.05, 3.63) is 64.3 Å². The van der Waals surface area contributed by atoms with Crippen molar-refractivity contribution in [2.45, 2.75) is 38.9 Å². The number of carbonyl (C=O) groups excluding carboxylic acids is 1. The fourth-order valence-electron chi connectivity index (χ4n) is 3.78. The van der Waals surface area contributed by atoms with E-state index >= 15 is 0 Å². The molecule has 4 rings (SSSR count). The van der Waals surface area contributed by atoms with E-state index in [4.69, 9.17) is 16.3 Å². The lowest BCUT2D eigenvalue weighted by atomic mass is 10.1. The third-order valence-corrected chi connectivity index (χ3v) is 5.69. The molecule has 13 heteroatoms. The molecule has 9 nitrogen and oxygen atoms in total. The molecule has 0 amide bonds. The van der Waals surface area contributed by atoms with Crippen molar-refractivity contribution >= 4 is 17.6 Å². The fourth-order valence-corrected chi connectivity index (χ4v) is 4.05. The van der Waals surface area contributed by atoms with Crippen LogP contribution in [0.15, 0.2) is 36.4 Å². The number of nitrogens with one attached hydrogen (secondary N) is 1. The average Bonchev–Trinajstić information content (AvgIpc) is 3.56. The molecular weight excluding hydrogens is 487 g/mol. The third-order valence-electron chi connectivity index (χ3n) is 5.43. The van der Waals surface area contributed by atoms with Crippen LogP contribution >= 0.6 is 11.6 Å². The summed E-state index contributed by atoms with van der Waals surface area (Å²) in [6.45, 7) is 2.27. The lowest BCUT2D eigenvalue weighted by Gasteiger charge is -2.16. The van der Waals surface area contributed by atoms with E-state index in [-0.39, 0.29) is 34.6 Å². The topological polar surface area (TPSA) is 104 Å². The first-order chi connectivity index (χ1) is 16.7. The van der Waals surface area contributed by atoms with Gasteiger partial charge in [0.1, 0.15) is 11.5 Å². The molecule has 0 bridgehead atoms. The van der Waals surface area contributed by atoms with Crippen LogP contribution in [0.4, 0.5) is 13.2 Å². The van der Waals surface area contributed by atoms with Crippen LogP contribution in [0.3, 0.4) is 0 Å². The van der Waals surface area contributed by atoms with Gasteiger partial charge in [0.05, 0.1) is 12.8 Å². The van der Waals surface area contributed by atoms with E-state index in [2.05, 4.69) is 25.6 Å². The lowest BCUT2D eigenvalue weighted by Crippen LogP contribution is -2.15. The van der Waals surface area contributed by atoms with Crippen LogP contribution in [-0.2, 0) is 23.9 Å². The molecule has 0 saturated carbocycles. The molecule has 0 aliphatic carbocycles. The first kappa shape index (κ1) is 24.5. The highest BCUT2D eigenvalue weighted by Crippen LogP contribution is 2.35. The molecule has 0 aliphatic rings. The van der Waals surface area contributed by atoms with Crippen molar-refractivity contribution in [1.29, 1.82) is 0 Å². The number of H-pyrrole nitrogens is 1. The predicted molar refractivity (Wildman–Crippen MR) is 120 cm³/mol. The Morgan fingerprint density at radius 2 is 1.91 bits per heavy atom. The molecule has 3 heterocycles. The van der Waals surface area contributed by atoms with Gasteiger partial charge in [-0.1, -0.05) is 37.1 Å². The number of nitrogens with zero attached hydrogens (tertiary/aromatic N) is 6. The normalized spacial score (nSPS) is 11.7. The molecule has 4 aromatic rings. The number of ether oxygens (including phenoxy) is 1. The predicted octanol–water partition coefficient (Wildman–Crippen LogP) is 4.70. The van der Waals surface area contributed by atoms with Crippen LogP contribution < -0.4 is 0 Å². The molecule has 0 spiro atoms. The monoisotopic (exact) mass is 507 g/mol. The lowest BCUT2D eigenvalue weighted by molar-refractivity contribution is -0.142. The van der Waals surface area contributed by atoms with Gasteiger partial charge in [-0.15, -0.1) is 5.10 Å². The number of aromatic nitrogens is 7. The second-order valence-corrected chi connectivity index (χ2v) is 8.06. The van der Waals surface area contributed by atoms with Crippen LogP contribution in [0.25, 0.3) is 17.2 Å². The Kier molecular flexibility index (Phi) is 6.92. The van der Waals surface area contributed by atoms with Gasteiger partial charge in [-0.2, -0.15) is 13.2 Å². The summed E-state index contributed by atoms with van der Waals surface area (Å²) in [6, 6.07) is 8.74. The number of unbranched alkanes of at least 4 members (excludes halogenated alkanes) is 1. The molecule has 0 aliphatic heterocycles. The molecule has 0 unspecified atom stereocenters. The van der Waals surface area contributed by atoms with Gasteiger partial charge in [-0.25, -0.2) is 14.9 Å². The number of alkyl halides is 3. The number of benzene rings is 1. The molecule has 35 heavy (non-hydrogen) atoms. The summed E-state index contributed by atoms with van der Waals surface area (Å²) in [5.74, 6) is 0.112. The molecule has 1 aromatic carbocycles. The molecular formula is C22H21ClF3N7O2. The van der Waals surface area contributed by atoms with Crippen molar-refractivity contribution < 1.29 is 22.7 Å². The summed E-state index contributed by atoms with van der Waals surface area (Å²) in [5, 5.41) is 13.2. The van der Waals surface area contributed by atoms with E-state index in [1.54, 1.807) is 28.8 Å². The van der Waals surface area contributed by atoms with Crippen LogP contribution in [0, 0.1) is 0 Å². The van der Waals surface area contributed by atoms with Gasteiger partial charge in [0.25, 0.3) is 0 Å². The molecule has 1 N–H and O–H groups in total. The zero-order valence-electron chi connectivity index (χ0n) is 18.8. The molecule has 0 radical (unpaired) electrons. The number of imidazole rings is 1. The highest BCUT2D eigenvalue weighted by molar-refractivity contribution is 6.32. The van der Waals surface area contributed by atoms with E-state index in [1.807, 2.05) is 6.92 Å². The quantitative estimate of drug-likeness (QED) is 0.347. The summed E-state index contributed by atoms with van der Waals surface area (Å²) in [7, 11) is 1.26. The standard InChI is InChI=1S/C22H21ClF3N7O2/c1-3-4-5-17-27-19(23)18(21(34)35-2)32(17)12-13-6-8-14(9-7-13)33-15(20-28-30-31-29-20)10-11-16(33)22(24,25)26/h6-11H,3-5,12H2,1-2H3,(H,28,29,30,31). The van der Waals surface area contributed by atoms with Gasteiger partial charge in [0.2, 0.25) is 0 Å². The molecule has 3 aromatic heterocycles. The Morgan fingerprint density at radius 3 is 2.51 bits per heavy atom. The van der Waals surface area contributed by atoms with Gasteiger partial charge in [0, 0.05) is 18.7 Å². The summed E-state index contributed by atoms with van der Waals surface area (Å²) in [4.78, 5) is 16.7. The number of esters is 1. The number of rotatable bonds is 8. The highest BCUT2D eigenvalue weighted by atomic mass is 35.5. The van der Waals surface area contributed by atoms with Crippen LogP contribution in [0.5, 0.6) is 0 Å². The Labute approximate surface area is 202 Å². The minimum Gasteiger partial charge on any atom is -0.464 e. The second-order valence-electron chi connectivity index (χ2n) is 7.70. The maximum absolute atomic E-state index is 13.7. The van der Waals surface area contributed by atoms with Crippen molar-refractivity contribution in [1.82, 2.24) is 34.7 Å². The van der Waals surface area contributed by atoms with Gasteiger partial charge in [-0.05, 0) is 46.7 Å². The third kappa shape index (κ3) is 4.92. The number of aromatic amines is 1. The molecule has 0 atom stereocenters. The minimum absolute atomic E-state index is 0.0482. The zero-order valence-corrected chi connectivity index (χ0v) is 19.6. The Bertz CT molecular complexity index is 1310. The number of hydrogen-bond acceptors (Lipinski definition) is 6.